The van der Waals surface area contributed by atoms with Gasteiger partial charge in [-0.05, 0) is 31.2 Å². The largest absolute Gasteiger partial charge is 0.370 e. The van der Waals surface area contributed by atoms with Gasteiger partial charge in [0.25, 0.3) is 0 Å². The van der Waals surface area contributed by atoms with E-state index in [1.54, 1.807) is 11.3 Å². The Balaban J connectivity index is 2.04. The van der Waals surface area contributed by atoms with Gasteiger partial charge in [-0.15, -0.1) is 11.3 Å². The van der Waals surface area contributed by atoms with Crippen LogP contribution in [0.3, 0.4) is 0 Å². The molecule has 0 atom stereocenters. The average molecular weight is 280 g/mol. The van der Waals surface area contributed by atoms with Gasteiger partial charge in [0.2, 0.25) is 0 Å². The third kappa shape index (κ3) is 2.35. The highest BCUT2D eigenvalue weighted by atomic mass is 35.5. The van der Waals surface area contributed by atoms with E-state index in [4.69, 9.17) is 11.6 Å². The maximum atomic E-state index is 6.18. The van der Waals surface area contributed by atoms with Crippen LogP contribution in [0, 0.1) is 0 Å². The molecule has 0 saturated heterocycles. The van der Waals surface area contributed by atoms with Crippen molar-refractivity contribution in [1.29, 1.82) is 0 Å². The van der Waals surface area contributed by atoms with Gasteiger partial charge in [0.15, 0.2) is 0 Å². The molecule has 3 nitrogen and oxygen atoms in total. The van der Waals surface area contributed by atoms with Gasteiger partial charge >= 0.3 is 0 Å². The first-order valence-corrected chi connectivity index (χ1v) is 7.40. The first-order chi connectivity index (χ1) is 8.78. The minimum absolute atomic E-state index is 0.543. The van der Waals surface area contributed by atoms with Crippen molar-refractivity contribution in [2.75, 3.05) is 11.9 Å². The van der Waals surface area contributed by atoms with Crippen LogP contribution in [0.2, 0.25) is 5.02 Å². The van der Waals surface area contributed by atoms with Crippen molar-refractivity contribution in [2.24, 2.45) is 0 Å². The summed E-state index contributed by atoms with van der Waals surface area (Å²) in [6, 6.07) is 3.89. The lowest BCUT2D eigenvalue weighted by molar-refractivity contribution is 0.928. The maximum absolute atomic E-state index is 6.18. The highest BCUT2D eigenvalue weighted by molar-refractivity contribution is 7.14. The first-order valence-electron chi connectivity index (χ1n) is 6.14. The van der Waals surface area contributed by atoms with Gasteiger partial charge < -0.3 is 5.32 Å². The zero-order valence-electron chi connectivity index (χ0n) is 10.1. The van der Waals surface area contributed by atoms with E-state index in [1.165, 1.54) is 12.8 Å². The van der Waals surface area contributed by atoms with Crippen LogP contribution in [-0.2, 0) is 0 Å². The van der Waals surface area contributed by atoms with Crippen molar-refractivity contribution < 1.29 is 0 Å². The Morgan fingerprint density at radius 3 is 2.89 bits per heavy atom. The van der Waals surface area contributed by atoms with Crippen molar-refractivity contribution in [3.8, 4) is 10.6 Å². The molecule has 0 spiro atoms. The van der Waals surface area contributed by atoms with Crippen molar-refractivity contribution in [1.82, 2.24) is 9.97 Å². The van der Waals surface area contributed by atoms with Crippen LogP contribution in [-0.4, -0.2) is 16.5 Å². The summed E-state index contributed by atoms with van der Waals surface area (Å²) in [4.78, 5) is 10.2. The Kier molecular flexibility index (Phi) is 3.22. The summed E-state index contributed by atoms with van der Waals surface area (Å²) in [6.07, 6.45) is 2.40. The summed E-state index contributed by atoms with van der Waals surface area (Å²) in [6.45, 7) is 2.93. The van der Waals surface area contributed by atoms with Crippen LogP contribution in [0.25, 0.3) is 10.6 Å². The molecule has 2 aromatic heterocycles. The first kappa shape index (κ1) is 11.9. The van der Waals surface area contributed by atoms with E-state index in [0.29, 0.717) is 5.92 Å². The number of rotatable bonds is 4. The minimum Gasteiger partial charge on any atom is -0.370 e. The van der Waals surface area contributed by atoms with Gasteiger partial charge in [-0.25, -0.2) is 9.97 Å². The fourth-order valence-corrected chi connectivity index (χ4v) is 2.97. The van der Waals surface area contributed by atoms with E-state index >= 15 is 0 Å². The summed E-state index contributed by atoms with van der Waals surface area (Å²) < 4.78 is 0. The molecule has 94 valence electrons. The number of halogens is 1. The zero-order valence-corrected chi connectivity index (χ0v) is 11.7. The summed E-state index contributed by atoms with van der Waals surface area (Å²) in [5, 5.41) is 6.02. The van der Waals surface area contributed by atoms with Crippen molar-refractivity contribution >= 4 is 28.8 Å². The maximum Gasteiger partial charge on any atom is 0.134 e. The molecule has 18 heavy (non-hydrogen) atoms. The second-order valence-corrected chi connectivity index (χ2v) is 5.72. The van der Waals surface area contributed by atoms with Crippen molar-refractivity contribution in [3.63, 3.8) is 0 Å². The Morgan fingerprint density at radius 2 is 2.28 bits per heavy atom. The Hall–Kier alpha value is -1.13. The lowest BCUT2D eigenvalue weighted by atomic mass is 10.3. The predicted octanol–water partition coefficient (Wildman–Crippen LogP) is 4.17. The minimum atomic E-state index is 0.543. The molecular formula is C13H14ClN3S. The lowest BCUT2D eigenvalue weighted by Crippen LogP contribution is -2.03. The predicted molar refractivity (Wildman–Crippen MR) is 76.5 cm³/mol. The van der Waals surface area contributed by atoms with E-state index < -0.39 is 0 Å². The lowest BCUT2D eigenvalue weighted by Gasteiger charge is -2.07. The molecule has 1 N–H and O–H groups in total. The van der Waals surface area contributed by atoms with Gasteiger partial charge in [-0.2, -0.15) is 0 Å². The Labute approximate surface area is 115 Å². The standard InChI is InChI=1S/C13H14ClN3S/c1-2-15-11-7-10(12-9(14)5-6-18-12)16-13(17-11)8-3-4-8/h5-8H,2-4H2,1H3,(H,15,16,17). The summed E-state index contributed by atoms with van der Waals surface area (Å²) in [7, 11) is 0. The molecule has 5 heteroatoms. The molecular weight excluding hydrogens is 266 g/mol. The topological polar surface area (TPSA) is 37.8 Å². The highest BCUT2D eigenvalue weighted by Gasteiger charge is 2.27. The Bertz CT molecular complexity index is 563. The van der Waals surface area contributed by atoms with Crippen LogP contribution in [0.15, 0.2) is 17.5 Å². The fourth-order valence-electron chi connectivity index (χ4n) is 1.85. The van der Waals surface area contributed by atoms with Crippen molar-refractivity contribution in [2.45, 2.75) is 25.7 Å². The summed E-state index contributed by atoms with van der Waals surface area (Å²) in [5.41, 5.74) is 0.933. The number of nitrogens with one attached hydrogen (secondary N) is 1. The molecule has 0 unspecified atom stereocenters. The summed E-state index contributed by atoms with van der Waals surface area (Å²) >= 11 is 7.80. The van der Waals surface area contributed by atoms with Gasteiger partial charge in [0.05, 0.1) is 15.6 Å². The number of aromatic nitrogens is 2. The highest BCUT2D eigenvalue weighted by Crippen LogP contribution is 2.40. The molecule has 1 saturated carbocycles. The number of nitrogens with zero attached hydrogens (tertiary/aromatic N) is 2. The molecule has 1 aliphatic carbocycles. The smallest absolute Gasteiger partial charge is 0.134 e. The van der Waals surface area contributed by atoms with Crippen LogP contribution in [0.1, 0.15) is 31.5 Å². The third-order valence-corrected chi connectivity index (χ3v) is 4.26. The molecule has 0 radical (unpaired) electrons. The SMILES string of the molecule is CCNc1cc(-c2sccc2Cl)nc(C2CC2)n1. The van der Waals surface area contributed by atoms with E-state index in [-0.39, 0.29) is 0 Å². The molecule has 0 aliphatic heterocycles. The van der Waals surface area contributed by atoms with Gasteiger partial charge in [-0.3, -0.25) is 0 Å². The van der Waals surface area contributed by atoms with E-state index in [9.17, 15) is 0 Å². The fraction of sp³-hybridized carbons (Fsp3) is 0.385. The van der Waals surface area contributed by atoms with Crippen LogP contribution in [0.5, 0.6) is 0 Å². The molecule has 2 aromatic rings. The Morgan fingerprint density at radius 1 is 1.44 bits per heavy atom. The van der Waals surface area contributed by atoms with E-state index in [1.807, 2.05) is 17.5 Å². The second-order valence-electron chi connectivity index (χ2n) is 4.40. The molecule has 1 fully saturated rings. The van der Waals surface area contributed by atoms with E-state index in [0.717, 1.165) is 33.8 Å². The van der Waals surface area contributed by atoms with E-state index in [2.05, 4.69) is 22.2 Å². The van der Waals surface area contributed by atoms with Gasteiger partial charge in [0, 0.05) is 18.5 Å². The summed E-state index contributed by atoms with van der Waals surface area (Å²) in [5.74, 6) is 2.39. The molecule has 0 bridgehead atoms. The van der Waals surface area contributed by atoms with Crippen LogP contribution in [0.4, 0.5) is 5.82 Å². The molecule has 1 aliphatic rings. The molecule has 0 aromatic carbocycles. The molecule has 2 heterocycles. The quantitative estimate of drug-likeness (QED) is 0.913. The van der Waals surface area contributed by atoms with Gasteiger partial charge in [-0.1, -0.05) is 11.6 Å². The van der Waals surface area contributed by atoms with Crippen LogP contribution >= 0.6 is 22.9 Å². The number of anilines is 1. The average Bonchev–Trinajstić information content (AvgIpc) is 3.12. The second kappa shape index (κ2) is 4.86. The number of thiophene rings is 1. The molecule has 0 amide bonds. The van der Waals surface area contributed by atoms with Gasteiger partial charge in [0.1, 0.15) is 11.6 Å². The normalized spacial score (nSPS) is 14.8. The van der Waals surface area contributed by atoms with Crippen LogP contribution < -0.4 is 5.32 Å². The number of hydrogen-bond acceptors (Lipinski definition) is 4. The van der Waals surface area contributed by atoms with Crippen molar-refractivity contribution in [3.05, 3.63) is 28.4 Å². The third-order valence-electron chi connectivity index (χ3n) is 2.89. The molecule has 3 rings (SSSR count). The number of hydrogen-bond donors (Lipinski definition) is 1. The monoisotopic (exact) mass is 279 g/mol. The zero-order chi connectivity index (χ0) is 12.5.